The summed E-state index contributed by atoms with van der Waals surface area (Å²) in [7, 11) is 1.08. The fraction of sp³-hybridized carbons (Fsp3) is 0.259. The molecule has 1 N–H and O–H groups in total. The van der Waals surface area contributed by atoms with Crippen molar-refractivity contribution in [2.45, 2.75) is 39.4 Å². The Morgan fingerprint density at radius 3 is 2.24 bits per heavy atom. The van der Waals surface area contributed by atoms with E-state index in [0.29, 0.717) is 14.0 Å². The third-order valence-electron chi connectivity index (χ3n) is 5.47. The van der Waals surface area contributed by atoms with E-state index in [1.54, 1.807) is 6.92 Å². The number of hydrogen-bond donors (Lipinski definition) is 1. The number of ether oxygens (including phenoxy) is 2. The zero-order valence-electron chi connectivity index (χ0n) is 22.4. The van der Waals surface area contributed by atoms with Gasteiger partial charge in [0.2, 0.25) is 0 Å². The van der Waals surface area contributed by atoms with Crippen LogP contribution in [0.1, 0.15) is 31.9 Å². The molecule has 1 aliphatic rings. The lowest BCUT2D eigenvalue weighted by atomic mass is 10.1. The molecule has 0 bridgehead atoms. The van der Waals surface area contributed by atoms with Crippen LogP contribution in [0.5, 0.6) is 5.75 Å². The Hall–Kier alpha value is -4.87. The molecule has 4 rings (SSSR count). The van der Waals surface area contributed by atoms with E-state index in [2.05, 4.69) is 17.3 Å². The summed E-state index contributed by atoms with van der Waals surface area (Å²) in [5.41, 5.74) is -5.91. The van der Waals surface area contributed by atoms with Crippen LogP contribution in [0.15, 0.2) is 65.5 Å². The first-order chi connectivity index (χ1) is 19.6. The van der Waals surface area contributed by atoms with E-state index in [0.717, 1.165) is 43.7 Å². The summed E-state index contributed by atoms with van der Waals surface area (Å²) in [4.78, 5) is 26.5. The molecule has 0 aliphatic carbocycles. The van der Waals surface area contributed by atoms with Gasteiger partial charge in [0.05, 0.1) is 17.5 Å². The molecule has 0 saturated carbocycles. The Labute approximate surface area is 234 Å². The maximum absolute atomic E-state index is 14.0. The van der Waals surface area contributed by atoms with Crippen molar-refractivity contribution >= 4 is 11.8 Å². The van der Waals surface area contributed by atoms with E-state index in [-0.39, 0.29) is 23.6 Å². The zero-order valence-corrected chi connectivity index (χ0v) is 22.4. The quantitative estimate of drug-likeness (QED) is 0.291. The lowest BCUT2D eigenvalue weighted by molar-refractivity contribution is -0.143. The predicted molar refractivity (Wildman–Crippen MR) is 137 cm³/mol. The Bertz CT molecular complexity index is 1590. The average molecular weight is 600 g/mol. The normalized spacial score (nSPS) is 14.4. The summed E-state index contributed by atoms with van der Waals surface area (Å²) in [6, 6.07) is 6.56. The number of rotatable bonds is 3. The van der Waals surface area contributed by atoms with Crippen molar-refractivity contribution in [1.82, 2.24) is 14.5 Å². The number of carbonyl (C=O) groups is 1. The van der Waals surface area contributed by atoms with Gasteiger partial charge in [-0.1, -0.05) is 13.8 Å². The van der Waals surface area contributed by atoms with Crippen molar-refractivity contribution in [3.05, 3.63) is 88.2 Å². The molecule has 1 aliphatic heterocycles. The highest BCUT2D eigenvalue weighted by atomic mass is 19.4. The van der Waals surface area contributed by atoms with Gasteiger partial charge >= 0.3 is 24.1 Å². The van der Waals surface area contributed by atoms with Gasteiger partial charge in [0.15, 0.2) is 17.7 Å². The van der Waals surface area contributed by atoms with Crippen molar-refractivity contribution in [3.8, 4) is 23.4 Å². The van der Waals surface area contributed by atoms with E-state index in [1.807, 2.05) is 13.8 Å². The van der Waals surface area contributed by atoms with Crippen LogP contribution in [-0.4, -0.2) is 28.5 Å². The fourth-order valence-electron chi connectivity index (χ4n) is 3.48. The number of carbonyl (C=O) groups excluding carboxylic acids is 1. The van der Waals surface area contributed by atoms with Crippen LogP contribution >= 0.6 is 0 Å². The molecular formula is C27H23F7N4O4. The van der Waals surface area contributed by atoms with Gasteiger partial charge in [-0.05, 0) is 49.2 Å². The lowest BCUT2D eigenvalue weighted by Gasteiger charge is -2.22. The second-order valence-corrected chi connectivity index (χ2v) is 8.26. The maximum atomic E-state index is 14.0. The molecule has 1 unspecified atom stereocenters. The number of alkyl halides is 6. The van der Waals surface area contributed by atoms with Gasteiger partial charge < -0.3 is 14.8 Å². The Balaban J connectivity index is 0.00000237. The molecule has 15 heteroatoms. The molecule has 0 spiro atoms. The maximum Gasteiger partial charge on any atom is 0.420 e. The number of anilines is 1. The first kappa shape index (κ1) is 31.7. The molecule has 0 radical (unpaired) electrons. The van der Waals surface area contributed by atoms with Crippen LogP contribution < -0.4 is 20.6 Å². The predicted octanol–water partition coefficient (Wildman–Crippen LogP) is 6.09. The number of imidazole rings is 1. The molecule has 1 aromatic heterocycles. The summed E-state index contributed by atoms with van der Waals surface area (Å²) in [5, 5.41) is 2.78. The summed E-state index contributed by atoms with van der Waals surface area (Å²) >= 11 is 0. The fourth-order valence-corrected chi connectivity index (χ4v) is 3.48. The SMILES string of the molecule is CC.CC1NC=C(C#Cn2ccn(-c3cc(C(F)(F)F)cc(C(F)(F)F)c3OC(=O)N(C)c3ccc(F)cc3)c2=O)O1. The average Bonchev–Trinajstić information content (AvgIpc) is 3.51. The molecule has 8 nitrogen and oxygen atoms in total. The van der Waals surface area contributed by atoms with Crippen LogP contribution in [0.4, 0.5) is 41.2 Å². The monoisotopic (exact) mass is 600 g/mol. The van der Waals surface area contributed by atoms with Crippen LogP contribution in [0, 0.1) is 17.8 Å². The Morgan fingerprint density at radius 2 is 1.69 bits per heavy atom. The second-order valence-electron chi connectivity index (χ2n) is 8.26. The smallest absolute Gasteiger partial charge is 0.420 e. The molecule has 224 valence electrons. The number of amides is 1. The third-order valence-corrected chi connectivity index (χ3v) is 5.47. The number of nitrogens with one attached hydrogen (secondary N) is 1. The van der Waals surface area contributed by atoms with Crippen LogP contribution in [-0.2, 0) is 17.1 Å². The molecule has 2 heterocycles. The molecule has 1 amide bonds. The Kier molecular flexibility index (Phi) is 9.29. The lowest BCUT2D eigenvalue weighted by Crippen LogP contribution is -2.31. The summed E-state index contributed by atoms with van der Waals surface area (Å²) in [5.74, 6) is 0.583. The topological polar surface area (TPSA) is 77.7 Å². The van der Waals surface area contributed by atoms with Crippen molar-refractivity contribution in [1.29, 1.82) is 0 Å². The number of nitrogens with zero attached hydrogens (tertiary/aromatic N) is 3. The van der Waals surface area contributed by atoms with Gasteiger partial charge in [0.25, 0.3) is 0 Å². The van der Waals surface area contributed by atoms with Crippen LogP contribution in [0.2, 0.25) is 0 Å². The molecule has 1 atom stereocenters. The number of halogens is 7. The highest BCUT2D eigenvalue weighted by Gasteiger charge is 2.42. The van der Waals surface area contributed by atoms with Crippen molar-refractivity contribution in [3.63, 3.8) is 0 Å². The van der Waals surface area contributed by atoms with E-state index in [1.165, 1.54) is 6.20 Å². The third kappa shape index (κ3) is 7.06. The van der Waals surface area contributed by atoms with Crippen molar-refractivity contribution in [2.24, 2.45) is 0 Å². The van der Waals surface area contributed by atoms with Crippen LogP contribution in [0.25, 0.3) is 5.69 Å². The van der Waals surface area contributed by atoms with Crippen molar-refractivity contribution < 1.29 is 45.0 Å². The molecule has 3 aromatic rings. The molecule has 2 aromatic carbocycles. The number of aromatic nitrogens is 2. The minimum Gasteiger partial charge on any atom is -0.461 e. The standard InChI is InChI=1S/C25H17F7N4O4.C2H6/c1-14-33-13-18(39-14)7-8-35-9-10-36(22(35)37)20-12-15(24(27,28)29)11-19(25(30,31)32)21(20)40-23(38)34(2)17-5-3-16(26)4-6-17;1-2/h3-6,9-14,33H,1-2H3;1-2H3. The van der Waals surface area contributed by atoms with E-state index in [4.69, 9.17) is 9.47 Å². The van der Waals surface area contributed by atoms with Crippen LogP contribution in [0.3, 0.4) is 0 Å². The number of benzene rings is 2. The van der Waals surface area contributed by atoms with E-state index in [9.17, 15) is 40.3 Å². The highest BCUT2D eigenvalue weighted by molar-refractivity contribution is 5.89. The minimum atomic E-state index is -5.44. The van der Waals surface area contributed by atoms with Gasteiger partial charge in [-0.2, -0.15) is 26.3 Å². The highest BCUT2D eigenvalue weighted by Crippen LogP contribution is 2.44. The molecule has 0 fully saturated rings. The largest absolute Gasteiger partial charge is 0.461 e. The zero-order chi connectivity index (χ0) is 31.4. The Morgan fingerprint density at radius 1 is 1.05 bits per heavy atom. The van der Waals surface area contributed by atoms with Gasteiger partial charge in [-0.25, -0.2) is 18.5 Å². The number of allylic oxidation sites excluding steroid dienone is 1. The van der Waals surface area contributed by atoms with Gasteiger partial charge in [-0.15, -0.1) is 0 Å². The molecular weight excluding hydrogens is 577 g/mol. The first-order valence-electron chi connectivity index (χ1n) is 12.1. The van der Waals surface area contributed by atoms with E-state index >= 15 is 0 Å². The summed E-state index contributed by atoms with van der Waals surface area (Å²) in [6.45, 7) is 5.66. The van der Waals surface area contributed by atoms with Crippen molar-refractivity contribution in [2.75, 3.05) is 11.9 Å². The van der Waals surface area contributed by atoms with E-state index < -0.39 is 58.7 Å². The molecule has 0 saturated heterocycles. The minimum absolute atomic E-state index is 0.000686. The van der Waals surface area contributed by atoms with Gasteiger partial charge in [0, 0.05) is 31.2 Å². The summed E-state index contributed by atoms with van der Waals surface area (Å²) in [6.07, 6.45) is -9.31. The number of hydrogen-bond acceptors (Lipinski definition) is 5. The second kappa shape index (κ2) is 12.3. The summed E-state index contributed by atoms with van der Waals surface area (Å²) < 4.78 is 107. The molecule has 42 heavy (non-hydrogen) atoms. The first-order valence-corrected chi connectivity index (χ1v) is 12.1. The van der Waals surface area contributed by atoms with Gasteiger partial charge in [0.1, 0.15) is 11.4 Å². The van der Waals surface area contributed by atoms with Gasteiger partial charge in [-0.3, -0.25) is 9.47 Å².